The van der Waals surface area contributed by atoms with Gasteiger partial charge in [-0.3, -0.25) is 14.4 Å². The summed E-state index contributed by atoms with van der Waals surface area (Å²) < 4.78 is 6.78. The molecule has 3 amide bonds. The topological polar surface area (TPSA) is 108 Å². The Hall–Kier alpha value is -3.75. The smallest absolute Gasteiger partial charge is 0.250 e. The van der Waals surface area contributed by atoms with Gasteiger partial charge >= 0.3 is 0 Å². The summed E-state index contributed by atoms with van der Waals surface area (Å²) in [5.74, 6) is -2.45. The Kier molecular flexibility index (Phi) is 6.63. The van der Waals surface area contributed by atoms with Gasteiger partial charge in [-0.2, -0.15) is 0 Å². The number of anilines is 1. The number of likely N-dealkylation sites (tertiary alicyclic amines) is 1. The van der Waals surface area contributed by atoms with E-state index in [2.05, 4.69) is 10.6 Å². The van der Waals surface area contributed by atoms with E-state index in [1.807, 2.05) is 79.7 Å². The summed E-state index contributed by atoms with van der Waals surface area (Å²) in [5.41, 5.74) is -0.396. The van der Waals surface area contributed by atoms with E-state index in [9.17, 15) is 19.5 Å². The predicted molar refractivity (Wildman–Crippen MR) is 151 cm³/mol. The van der Waals surface area contributed by atoms with E-state index in [0.29, 0.717) is 31.5 Å². The summed E-state index contributed by atoms with van der Waals surface area (Å²) in [6, 6.07) is 21.6. The lowest BCUT2D eigenvalue weighted by atomic mass is 9.65. The number of fused-ring (bicyclic) bond motifs is 2. The standard InChI is InChI=1S/C32H35N3O5/c1-3-31-15-16-32(40-31)26(25(31)28(37)33-18-21-9-5-4-6-10-21)30(39)35(20(2)19-36)27(32)29(38)34-24-14-13-22-11-7-8-12-23(22)17-24/h4-14,17,20,25-27,36H,3,15-16,18-19H2,1-2H3,(H,33,37)(H,34,38)/t20-,25-,26+,27?,31+,32?/m1/s1. The average molecular weight is 542 g/mol. The highest BCUT2D eigenvalue weighted by molar-refractivity contribution is 6.04. The van der Waals surface area contributed by atoms with Crippen LogP contribution >= 0.6 is 0 Å². The van der Waals surface area contributed by atoms with Crippen LogP contribution in [0.3, 0.4) is 0 Å². The molecule has 3 heterocycles. The van der Waals surface area contributed by atoms with E-state index < -0.39 is 35.1 Å². The van der Waals surface area contributed by atoms with Crippen LogP contribution in [0.25, 0.3) is 10.8 Å². The van der Waals surface area contributed by atoms with Crippen molar-refractivity contribution in [2.75, 3.05) is 11.9 Å². The third kappa shape index (κ3) is 4.00. The van der Waals surface area contributed by atoms with Gasteiger partial charge in [-0.25, -0.2) is 0 Å². The van der Waals surface area contributed by atoms with E-state index in [1.165, 1.54) is 4.90 Å². The second-order valence-electron chi connectivity index (χ2n) is 11.4. The number of amides is 3. The molecule has 8 nitrogen and oxygen atoms in total. The van der Waals surface area contributed by atoms with Crippen LogP contribution in [0.4, 0.5) is 5.69 Å². The van der Waals surface area contributed by atoms with Gasteiger partial charge < -0.3 is 25.4 Å². The predicted octanol–water partition coefficient (Wildman–Crippen LogP) is 3.63. The molecule has 8 heteroatoms. The molecule has 3 aliphatic heterocycles. The van der Waals surface area contributed by atoms with Gasteiger partial charge in [0.25, 0.3) is 0 Å². The zero-order valence-electron chi connectivity index (χ0n) is 22.8. The molecule has 0 aliphatic carbocycles. The zero-order chi connectivity index (χ0) is 28.1. The maximum Gasteiger partial charge on any atom is 0.250 e. The summed E-state index contributed by atoms with van der Waals surface area (Å²) in [6.45, 7) is 3.73. The number of nitrogens with zero attached hydrogens (tertiary/aromatic N) is 1. The molecule has 1 spiro atoms. The fourth-order valence-corrected chi connectivity index (χ4v) is 7.29. The number of carbonyl (C=O) groups is 3. The van der Waals surface area contributed by atoms with Gasteiger partial charge in [0.2, 0.25) is 17.7 Å². The molecule has 3 aromatic carbocycles. The Morgan fingerprint density at radius 1 is 1.02 bits per heavy atom. The third-order valence-electron chi connectivity index (χ3n) is 9.22. The molecule has 3 aromatic rings. The first-order valence-electron chi connectivity index (χ1n) is 14.1. The maximum atomic E-state index is 14.1. The van der Waals surface area contributed by atoms with Crippen LogP contribution < -0.4 is 10.6 Å². The number of nitrogens with one attached hydrogen (secondary N) is 2. The number of carbonyl (C=O) groups excluding carboxylic acids is 3. The Balaban J connectivity index is 1.34. The number of aliphatic hydroxyl groups is 1. The maximum absolute atomic E-state index is 14.1. The van der Waals surface area contributed by atoms with Crippen molar-refractivity contribution in [2.45, 2.75) is 62.9 Å². The first-order valence-corrected chi connectivity index (χ1v) is 14.1. The lowest BCUT2D eigenvalue weighted by molar-refractivity contribution is -0.148. The summed E-state index contributed by atoms with van der Waals surface area (Å²) in [4.78, 5) is 43.4. The molecule has 6 atom stereocenters. The fraction of sp³-hybridized carbons (Fsp3) is 0.406. The number of benzene rings is 3. The van der Waals surface area contributed by atoms with Crippen molar-refractivity contribution >= 4 is 34.2 Å². The second-order valence-corrected chi connectivity index (χ2v) is 11.4. The number of ether oxygens (including phenoxy) is 1. The first-order chi connectivity index (χ1) is 19.3. The number of aliphatic hydroxyl groups excluding tert-OH is 1. The fourth-order valence-electron chi connectivity index (χ4n) is 7.29. The Labute approximate surface area is 233 Å². The van der Waals surface area contributed by atoms with Crippen LogP contribution in [0, 0.1) is 11.8 Å². The van der Waals surface area contributed by atoms with Crippen molar-refractivity contribution in [3.8, 4) is 0 Å². The van der Waals surface area contributed by atoms with E-state index in [1.54, 1.807) is 6.92 Å². The van der Waals surface area contributed by atoms with Crippen molar-refractivity contribution in [3.63, 3.8) is 0 Å². The average Bonchev–Trinajstić information content (AvgIpc) is 3.59. The molecule has 0 saturated carbocycles. The molecule has 3 fully saturated rings. The lowest BCUT2D eigenvalue weighted by Crippen LogP contribution is -2.55. The van der Waals surface area contributed by atoms with Crippen LogP contribution in [-0.4, -0.2) is 57.6 Å². The van der Waals surface area contributed by atoms with Gasteiger partial charge in [0, 0.05) is 12.2 Å². The second kappa shape index (κ2) is 10.0. The third-order valence-corrected chi connectivity index (χ3v) is 9.22. The molecule has 3 N–H and O–H groups in total. The number of hydrogen-bond donors (Lipinski definition) is 3. The molecule has 2 unspecified atom stereocenters. The molecular weight excluding hydrogens is 506 g/mol. The normalized spacial score (nSPS) is 29.4. The van der Waals surface area contributed by atoms with E-state index >= 15 is 0 Å². The highest BCUT2D eigenvalue weighted by Crippen LogP contribution is 2.64. The summed E-state index contributed by atoms with van der Waals surface area (Å²) in [5, 5.41) is 18.2. The molecular formula is C32H35N3O5. The van der Waals surface area contributed by atoms with E-state index in [0.717, 1.165) is 16.3 Å². The molecule has 40 heavy (non-hydrogen) atoms. The van der Waals surface area contributed by atoms with Gasteiger partial charge in [-0.15, -0.1) is 0 Å². The van der Waals surface area contributed by atoms with Crippen molar-refractivity contribution in [3.05, 3.63) is 78.4 Å². The van der Waals surface area contributed by atoms with Gasteiger partial charge in [-0.05, 0) is 54.7 Å². The summed E-state index contributed by atoms with van der Waals surface area (Å²) in [7, 11) is 0. The first kappa shape index (κ1) is 26.5. The van der Waals surface area contributed by atoms with Gasteiger partial charge in [0.1, 0.15) is 11.6 Å². The Morgan fingerprint density at radius 2 is 1.75 bits per heavy atom. The number of hydrogen-bond acceptors (Lipinski definition) is 5. The molecule has 208 valence electrons. The van der Waals surface area contributed by atoms with Crippen LogP contribution in [0.1, 0.15) is 38.7 Å². The minimum Gasteiger partial charge on any atom is -0.394 e. The molecule has 3 saturated heterocycles. The summed E-state index contributed by atoms with van der Waals surface area (Å²) >= 11 is 0. The molecule has 0 radical (unpaired) electrons. The van der Waals surface area contributed by atoms with E-state index in [4.69, 9.17) is 4.74 Å². The highest BCUT2D eigenvalue weighted by Gasteiger charge is 2.78. The van der Waals surface area contributed by atoms with Crippen LogP contribution in [0.5, 0.6) is 0 Å². The SMILES string of the molecule is CC[C@@]12CCC3(O1)C(C(=O)Nc1ccc4ccccc4c1)N([C@H](C)CO)C(=O)[C@@H]3[C@@H]2C(=O)NCc1ccccc1. The lowest BCUT2D eigenvalue weighted by Gasteiger charge is -2.36. The molecule has 0 aromatic heterocycles. The van der Waals surface area contributed by atoms with Crippen LogP contribution in [0.15, 0.2) is 72.8 Å². The highest BCUT2D eigenvalue weighted by atomic mass is 16.5. The van der Waals surface area contributed by atoms with Crippen molar-refractivity contribution < 1.29 is 24.2 Å². The monoisotopic (exact) mass is 541 g/mol. The number of rotatable bonds is 8. The van der Waals surface area contributed by atoms with Crippen molar-refractivity contribution in [1.29, 1.82) is 0 Å². The van der Waals surface area contributed by atoms with Crippen LogP contribution in [-0.2, 0) is 25.7 Å². The summed E-state index contributed by atoms with van der Waals surface area (Å²) in [6.07, 6.45) is 1.62. The quantitative estimate of drug-likeness (QED) is 0.404. The minimum absolute atomic E-state index is 0.238. The van der Waals surface area contributed by atoms with Crippen molar-refractivity contribution in [1.82, 2.24) is 10.2 Å². The zero-order valence-corrected chi connectivity index (χ0v) is 22.8. The molecule has 6 rings (SSSR count). The van der Waals surface area contributed by atoms with Crippen LogP contribution in [0.2, 0.25) is 0 Å². The molecule has 2 bridgehead atoms. The largest absolute Gasteiger partial charge is 0.394 e. The van der Waals surface area contributed by atoms with Gasteiger partial charge in [0.15, 0.2) is 0 Å². The van der Waals surface area contributed by atoms with Gasteiger partial charge in [0.05, 0.1) is 30.1 Å². The Morgan fingerprint density at radius 3 is 2.48 bits per heavy atom. The Bertz CT molecular complexity index is 1460. The van der Waals surface area contributed by atoms with E-state index in [-0.39, 0.29) is 24.3 Å². The molecule has 3 aliphatic rings. The van der Waals surface area contributed by atoms with Gasteiger partial charge in [-0.1, -0.05) is 67.6 Å². The van der Waals surface area contributed by atoms with Crippen molar-refractivity contribution in [2.24, 2.45) is 11.8 Å². The minimum atomic E-state index is -1.15.